The van der Waals surface area contributed by atoms with Crippen LogP contribution in [0.3, 0.4) is 0 Å². The summed E-state index contributed by atoms with van der Waals surface area (Å²) in [7, 11) is 0. The first-order chi connectivity index (χ1) is 11.8. The molecule has 4 aliphatic rings. The Morgan fingerprint density at radius 2 is 1.84 bits per heavy atom. The van der Waals surface area contributed by atoms with Crippen molar-refractivity contribution in [2.24, 2.45) is 28.6 Å². The van der Waals surface area contributed by atoms with E-state index in [2.05, 4.69) is 13.8 Å². The number of Topliss-reactive ketones (excluding diaryl/α,β-unsaturated/α-hetero) is 1. The van der Waals surface area contributed by atoms with E-state index in [4.69, 9.17) is 4.74 Å². The van der Waals surface area contributed by atoms with Crippen LogP contribution in [0.5, 0.6) is 0 Å². The van der Waals surface area contributed by atoms with Gasteiger partial charge in [0.05, 0.1) is 0 Å². The van der Waals surface area contributed by atoms with Gasteiger partial charge in [0.25, 0.3) is 0 Å². The van der Waals surface area contributed by atoms with Gasteiger partial charge in [0, 0.05) is 18.8 Å². The van der Waals surface area contributed by atoms with E-state index in [-0.39, 0.29) is 28.7 Å². The Balaban J connectivity index is 1.65. The molecule has 0 saturated heterocycles. The summed E-state index contributed by atoms with van der Waals surface area (Å²) < 4.78 is 20.2. The molecule has 0 aromatic carbocycles. The molecular formula is C21H29FO3. The standard InChI is InChI=1S/C21H29FO3/c1-12(23)25-18-7-6-14-13-4-5-16-19(22)17(24)9-11-20(16,2)15(13)8-10-21(14,18)3/h13-15,18H,4-11H2,1-3H3/t13-,14-,15-,18-,20+,21-/m0/s1. The highest BCUT2D eigenvalue weighted by Gasteiger charge is 2.60. The number of hydrogen-bond donors (Lipinski definition) is 0. The fraction of sp³-hybridized carbons (Fsp3) is 0.810. The molecule has 0 radical (unpaired) electrons. The van der Waals surface area contributed by atoms with Crippen LogP contribution >= 0.6 is 0 Å². The molecule has 0 spiro atoms. The first-order valence-electron chi connectivity index (χ1n) is 9.87. The highest BCUT2D eigenvalue weighted by atomic mass is 19.1. The van der Waals surface area contributed by atoms with Gasteiger partial charge in [-0.25, -0.2) is 4.39 Å². The molecule has 0 amide bonds. The third-order valence-electron chi connectivity index (χ3n) is 8.27. The Bertz CT molecular complexity index is 654. The maximum atomic E-state index is 14.5. The predicted molar refractivity (Wildman–Crippen MR) is 92.3 cm³/mol. The lowest BCUT2D eigenvalue weighted by atomic mass is 9.47. The largest absolute Gasteiger partial charge is 0.462 e. The molecule has 3 saturated carbocycles. The lowest BCUT2D eigenvalue weighted by Gasteiger charge is -2.57. The second-order valence-corrected chi connectivity index (χ2v) is 9.27. The molecule has 0 aromatic rings. The Kier molecular flexibility index (Phi) is 3.90. The number of allylic oxidation sites excluding steroid dienone is 1. The summed E-state index contributed by atoms with van der Waals surface area (Å²) in [5.41, 5.74) is 0.720. The van der Waals surface area contributed by atoms with Gasteiger partial charge in [0.1, 0.15) is 6.10 Å². The topological polar surface area (TPSA) is 43.4 Å². The maximum Gasteiger partial charge on any atom is 0.302 e. The van der Waals surface area contributed by atoms with Crippen molar-refractivity contribution < 1.29 is 18.7 Å². The summed E-state index contributed by atoms with van der Waals surface area (Å²) in [6, 6.07) is 0. The Hall–Kier alpha value is -1.19. The SMILES string of the molecule is CC(=O)O[C@H]1CC[C@H]2[C@@H]3CCC4=C(F)C(=O)CC[C@]4(C)[C@H]3CC[C@]12C. The minimum atomic E-state index is -0.426. The molecular weight excluding hydrogens is 319 g/mol. The Labute approximate surface area is 149 Å². The zero-order valence-corrected chi connectivity index (χ0v) is 15.6. The predicted octanol–water partition coefficient (Wildman–Crippen LogP) is 4.75. The fourth-order valence-electron chi connectivity index (χ4n) is 7.00. The number of ether oxygens (including phenoxy) is 1. The highest BCUT2D eigenvalue weighted by Crippen LogP contribution is 2.66. The maximum absolute atomic E-state index is 14.5. The van der Waals surface area contributed by atoms with Crippen molar-refractivity contribution in [1.82, 2.24) is 0 Å². The van der Waals surface area contributed by atoms with Crippen molar-refractivity contribution in [2.45, 2.75) is 78.2 Å². The van der Waals surface area contributed by atoms with E-state index in [0.29, 0.717) is 24.2 Å². The molecule has 0 aromatic heterocycles. The molecule has 4 heteroatoms. The van der Waals surface area contributed by atoms with E-state index in [1.54, 1.807) is 0 Å². The number of carbonyl (C=O) groups is 2. The van der Waals surface area contributed by atoms with Gasteiger partial charge in [0.15, 0.2) is 11.6 Å². The normalized spacial score (nSPS) is 46.3. The molecule has 25 heavy (non-hydrogen) atoms. The van der Waals surface area contributed by atoms with Gasteiger partial charge in [-0.2, -0.15) is 0 Å². The minimum Gasteiger partial charge on any atom is -0.462 e. The van der Waals surface area contributed by atoms with Crippen molar-refractivity contribution in [3.8, 4) is 0 Å². The van der Waals surface area contributed by atoms with Crippen molar-refractivity contribution in [2.75, 3.05) is 0 Å². The van der Waals surface area contributed by atoms with Crippen LogP contribution in [0, 0.1) is 28.6 Å². The number of hydrogen-bond acceptors (Lipinski definition) is 3. The minimum absolute atomic E-state index is 0.0327. The molecule has 138 valence electrons. The van der Waals surface area contributed by atoms with Gasteiger partial charge < -0.3 is 4.74 Å². The van der Waals surface area contributed by atoms with E-state index in [0.717, 1.165) is 50.5 Å². The van der Waals surface area contributed by atoms with Crippen LogP contribution in [0.1, 0.15) is 72.1 Å². The zero-order valence-electron chi connectivity index (χ0n) is 15.6. The van der Waals surface area contributed by atoms with Gasteiger partial charge in [-0.05, 0) is 73.7 Å². The lowest BCUT2D eigenvalue weighted by Crippen LogP contribution is -2.52. The van der Waals surface area contributed by atoms with Crippen LogP contribution in [-0.2, 0) is 14.3 Å². The molecule has 4 rings (SSSR count). The van der Waals surface area contributed by atoms with Crippen molar-refractivity contribution in [1.29, 1.82) is 0 Å². The third-order valence-corrected chi connectivity index (χ3v) is 8.27. The van der Waals surface area contributed by atoms with Crippen LogP contribution in [-0.4, -0.2) is 17.9 Å². The summed E-state index contributed by atoms with van der Waals surface area (Å²) in [4.78, 5) is 23.4. The Morgan fingerprint density at radius 3 is 2.56 bits per heavy atom. The van der Waals surface area contributed by atoms with Gasteiger partial charge in [0.2, 0.25) is 0 Å². The molecule has 6 atom stereocenters. The van der Waals surface area contributed by atoms with Crippen LogP contribution in [0.4, 0.5) is 4.39 Å². The molecule has 0 N–H and O–H groups in total. The van der Waals surface area contributed by atoms with Crippen molar-refractivity contribution in [3.63, 3.8) is 0 Å². The average Bonchev–Trinajstić information content (AvgIpc) is 2.88. The summed E-state index contributed by atoms with van der Waals surface area (Å²) in [6.07, 6.45) is 7.03. The number of ketones is 1. The molecule has 4 aliphatic carbocycles. The molecule has 3 nitrogen and oxygen atoms in total. The summed E-state index contributed by atoms with van der Waals surface area (Å²) in [6.45, 7) is 6.00. The van der Waals surface area contributed by atoms with Crippen LogP contribution in [0.15, 0.2) is 11.4 Å². The monoisotopic (exact) mass is 348 g/mol. The summed E-state index contributed by atoms with van der Waals surface area (Å²) in [5, 5.41) is 0. The molecule has 3 fully saturated rings. The number of halogens is 1. The summed E-state index contributed by atoms with van der Waals surface area (Å²) >= 11 is 0. The van der Waals surface area contributed by atoms with E-state index in [1.165, 1.54) is 6.92 Å². The number of fused-ring (bicyclic) bond motifs is 5. The molecule has 0 bridgehead atoms. The Morgan fingerprint density at radius 1 is 1.08 bits per heavy atom. The van der Waals surface area contributed by atoms with Gasteiger partial charge in [-0.1, -0.05) is 13.8 Å². The van der Waals surface area contributed by atoms with Crippen molar-refractivity contribution >= 4 is 11.8 Å². The average molecular weight is 348 g/mol. The number of carbonyl (C=O) groups excluding carboxylic acids is 2. The van der Waals surface area contributed by atoms with E-state index < -0.39 is 5.83 Å². The van der Waals surface area contributed by atoms with Crippen LogP contribution < -0.4 is 0 Å². The van der Waals surface area contributed by atoms with Gasteiger partial charge in [-0.15, -0.1) is 0 Å². The first-order valence-corrected chi connectivity index (χ1v) is 9.87. The molecule has 0 heterocycles. The highest BCUT2D eigenvalue weighted by molar-refractivity contribution is 5.95. The first kappa shape index (κ1) is 17.2. The van der Waals surface area contributed by atoms with E-state index >= 15 is 0 Å². The van der Waals surface area contributed by atoms with Gasteiger partial charge in [-0.3, -0.25) is 9.59 Å². The fourth-order valence-corrected chi connectivity index (χ4v) is 7.00. The quantitative estimate of drug-likeness (QED) is 0.643. The summed E-state index contributed by atoms with van der Waals surface area (Å²) in [5.74, 6) is 0.683. The second-order valence-electron chi connectivity index (χ2n) is 9.27. The van der Waals surface area contributed by atoms with Gasteiger partial charge >= 0.3 is 5.97 Å². The number of rotatable bonds is 1. The van der Waals surface area contributed by atoms with Crippen LogP contribution in [0.2, 0.25) is 0 Å². The second kappa shape index (κ2) is 5.65. The van der Waals surface area contributed by atoms with E-state index in [1.807, 2.05) is 0 Å². The lowest BCUT2D eigenvalue weighted by molar-refractivity contribution is -0.157. The van der Waals surface area contributed by atoms with Crippen molar-refractivity contribution in [3.05, 3.63) is 11.4 Å². The third kappa shape index (κ3) is 2.35. The smallest absolute Gasteiger partial charge is 0.302 e. The number of esters is 1. The van der Waals surface area contributed by atoms with E-state index in [9.17, 15) is 14.0 Å². The molecule has 0 unspecified atom stereocenters. The molecule has 0 aliphatic heterocycles. The van der Waals surface area contributed by atoms with Crippen LogP contribution in [0.25, 0.3) is 0 Å². The zero-order chi connectivity index (χ0) is 18.0.